The van der Waals surface area contributed by atoms with E-state index in [1.807, 2.05) is 24.3 Å². The van der Waals surface area contributed by atoms with Crippen LogP contribution in [-0.2, 0) is 0 Å². The average Bonchev–Trinajstić information content (AvgIpc) is 3.12. The van der Waals surface area contributed by atoms with E-state index >= 15 is 0 Å². The molecule has 2 aromatic rings. The normalized spacial score (nSPS) is 28.7. The summed E-state index contributed by atoms with van der Waals surface area (Å²) in [5, 5.41) is 11.1. The number of carbonyl (C=O) groups is 1. The summed E-state index contributed by atoms with van der Waals surface area (Å²) in [5.41, 5.74) is 2.44. The number of nitrogens with one attached hydrogen (secondary N) is 1. The fraction of sp³-hybridized carbons (Fsp3) is 0.471. The number of hydrogen-bond acceptors (Lipinski definition) is 6. The van der Waals surface area contributed by atoms with Gasteiger partial charge in [-0.25, -0.2) is 0 Å². The number of rotatable bonds is 4. The minimum Gasteiger partial charge on any atom is -0.347 e. The van der Waals surface area contributed by atoms with Gasteiger partial charge in [0.15, 0.2) is 4.34 Å². The van der Waals surface area contributed by atoms with Crippen LogP contribution in [0.5, 0.6) is 0 Å². The molecule has 4 heterocycles. The number of benzene rings is 1. The molecule has 24 heavy (non-hydrogen) atoms. The molecular weight excluding hydrogens is 340 g/mol. The highest BCUT2D eigenvalue weighted by Crippen LogP contribution is 2.32. The van der Waals surface area contributed by atoms with Crippen LogP contribution in [-0.4, -0.2) is 46.2 Å². The van der Waals surface area contributed by atoms with Crippen molar-refractivity contribution in [1.29, 1.82) is 0 Å². The lowest BCUT2D eigenvalue weighted by Crippen LogP contribution is -2.62. The maximum absolute atomic E-state index is 12.6. The van der Waals surface area contributed by atoms with Crippen LogP contribution in [0, 0.1) is 5.92 Å². The predicted octanol–water partition coefficient (Wildman–Crippen LogP) is 2.90. The molecule has 0 saturated carbocycles. The molecule has 0 spiro atoms. The molecule has 7 heteroatoms. The predicted molar refractivity (Wildman–Crippen MR) is 95.5 cm³/mol. The van der Waals surface area contributed by atoms with Crippen molar-refractivity contribution < 1.29 is 4.79 Å². The molecule has 5 rings (SSSR count). The molecule has 5 nitrogen and oxygen atoms in total. The van der Waals surface area contributed by atoms with E-state index in [4.69, 9.17) is 0 Å². The van der Waals surface area contributed by atoms with E-state index in [1.54, 1.807) is 17.3 Å². The Morgan fingerprint density at radius 1 is 1.29 bits per heavy atom. The Hall–Kier alpha value is -1.44. The number of piperidine rings is 3. The van der Waals surface area contributed by atoms with Gasteiger partial charge in [-0.1, -0.05) is 23.1 Å². The van der Waals surface area contributed by atoms with Crippen LogP contribution in [0.2, 0.25) is 0 Å². The van der Waals surface area contributed by atoms with E-state index in [0.717, 1.165) is 14.8 Å². The number of carbonyl (C=O) groups excluding carboxylic acids is 1. The smallest absolute Gasteiger partial charge is 0.251 e. The molecular formula is C17H20N4OS2. The number of aromatic nitrogens is 2. The average molecular weight is 361 g/mol. The van der Waals surface area contributed by atoms with Crippen LogP contribution in [0.15, 0.2) is 39.0 Å². The van der Waals surface area contributed by atoms with Crippen molar-refractivity contribution in [3.63, 3.8) is 0 Å². The van der Waals surface area contributed by atoms with Crippen LogP contribution < -0.4 is 5.32 Å². The first-order valence-corrected chi connectivity index (χ1v) is 9.99. The van der Waals surface area contributed by atoms with Crippen LogP contribution in [0.3, 0.4) is 0 Å². The van der Waals surface area contributed by atoms with Crippen molar-refractivity contribution >= 4 is 29.0 Å². The van der Waals surface area contributed by atoms with E-state index < -0.39 is 0 Å². The maximum Gasteiger partial charge on any atom is 0.251 e. The van der Waals surface area contributed by atoms with Crippen LogP contribution >= 0.6 is 23.1 Å². The Kier molecular flexibility index (Phi) is 4.56. The summed E-state index contributed by atoms with van der Waals surface area (Å²) >= 11 is 3.08. The molecule has 0 radical (unpaired) electrons. The Labute approximate surface area is 149 Å². The van der Waals surface area contributed by atoms with E-state index in [9.17, 15) is 4.79 Å². The number of hydrogen-bond donors (Lipinski definition) is 1. The fourth-order valence-electron chi connectivity index (χ4n) is 3.76. The third-order valence-corrected chi connectivity index (χ3v) is 6.92. The topological polar surface area (TPSA) is 58.1 Å². The first kappa shape index (κ1) is 16.1. The SMILES string of the molecule is CC1C(NC(=O)c2ccc(Sc3nncs3)cc2)C2CCN1CC2. The van der Waals surface area contributed by atoms with Crippen molar-refractivity contribution in [3.8, 4) is 0 Å². The molecule has 3 aliphatic heterocycles. The van der Waals surface area contributed by atoms with Crippen molar-refractivity contribution in [3.05, 3.63) is 35.3 Å². The molecule has 1 N–H and O–H groups in total. The summed E-state index contributed by atoms with van der Waals surface area (Å²) in [6.07, 6.45) is 2.40. The van der Waals surface area contributed by atoms with Crippen LogP contribution in [0.4, 0.5) is 0 Å². The van der Waals surface area contributed by atoms with Crippen molar-refractivity contribution in [1.82, 2.24) is 20.4 Å². The highest BCUT2D eigenvalue weighted by atomic mass is 32.2. The Bertz CT molecular complexity index is 694. The molecule has 2 atom stereocenters. The van der Waals surface area contributed by atoms with E-state index in [-0.39, 0.29) is 11.9 Å². The Balaban J connectivity index is 1.41. The van der Waals surface area contributed by atoms with Gasteiger partial charge in [-0.3, -0.25) is 9.69 Å². The number of amides is 1. The summed E-state index contributed by atoms with van der Waals surface area (Å²) in [7, 11) is 0. The molecule has 3 aliphatic rings. The van der Waals surface area contributed by atoms with Gasteiger partial charge in [-0.2, -0.15) is 0 Å². The molecule has 126 valence electrons. The van der Waals surface area contributed by atoms with Gasteiger partial charge in [-0.15, -0.1) is 10.2 Å². The maximum atomic E-state index is 12.6. The third-order valence-electron chi connectivity index (χ3n) is 5.14. The minimum absolute atomic E-state index is 0.0352. The summed E-state index contributed by atoms with van der Waals surface area (Å²) < 4.78 is 0.910. The van der Waals surface area contributed by atoms with E-state index in [1.165, 1.54) is 37.3 Å². The molecule has 1 aromatic carbocycles. The quantitative estimate of drug-likeness (QED) is 0.908. The van der Waals surface area contributed by atoms with Gasteiger partial charge >= 0.3 is 0 Å². The van der Waals surface area contributed by atoms with Crippen molar-refractivity contribution in [2.45, 2.75) is 41.1 Å². The zero-order valence-electron chi connectivity index (χ0n) is 13.5. The zero-order valence-corrected chi connectivity index (χ0v) is 15.1. The fourth-order valence-corrected chi connectivity index (χ4v) is 5.21. The molecule has 1 amide bonds. The van der Waals surface area contributed by atoms with Crippen LogP contribution in [0.25, 0.3) is 0 Å². The lowest BCUT2D eigenvalue weighted by atomic mass is 9.79. The Morgan fingerprint density at radius 2 is 2.04 bits per heavy atom. The monoisotopic (exact) mass is 360 g/mol. The zero-order chi connectivity index (χ0) is 16.5. The Morgan fingerprint density at radius 3 is 2.67 bits per heavy atom. The van der Waals surface area contributed by atoms with Gasteiger partial charge in [0.1, 0.15) is 5.51 Å². The van der Waals surface area contributed by atoms with E-state index in [0.29, 0.717) is 12.0 Å². The van der Waals surface area contributed by atoms with Gasteiger partial charge in [0, 0.05) is 22.5 Å². The van der Waals surface area contributed by atoms with E-state index in [2.05, 4.69) is 27.3 Å². The second kappa shape index (κ2) is 6.82. The summed E-state index contributed by atoms with van der Waals surface area (Å²) in [4.78, 5) is 16.2. The lowest BCUT2D eigenvalue weighted by Gasteiger charge is -2.49. The molecule has 0 aliphatic carbocycles. The molecule has 3 fully saturated rings. The summed E-state index contributed by atoms with van der Waals surface area (Å²) in [5.74, 6) is 0.661. The molecule has 1 aromatic heterocycles. The first-order valence-electron chi connectivity index (χ1n) is 8.30. The molecule has 3 saturated heterocycles. The van der Waals surface area contributed by atoms with Gasteiger partial charge in [0.25, 0.3) is 5.91 Å². The van der Waals surface area contributed by atoms with Gasteiger partial charge in [0.2, 0.25) is 0 Å². The second-order valence-corrected chi connectivity index (χ2v) is 8.60. The molecule has 2 bridgehead atoms. The second-order valence-electron chi connectivity index (χ2n) is 6.44. The lowest BCUT2D eigenvalue weighted by molar-refractivity contribution is 0.0217. The molecule has 2 unspecified atom stereocenters. The van der Waals surface area contributed by atoms with Gasteiger partial charge < -0.3 is 5.32 Å². The summed E-state index contributed by atoms with van der Waals surface area (Å²) in [6.45, 7) is 4.59. The van der Waals surface area contributed by atoms with Gasteiger partial charge in [0.05, 0.1) is 0 Å². The highest BCUT2D eigenvalue weighted by Gasteiger charge is 2.40. The van der Waals surface area contributed by atoms with Crippen molar-refractivity contribution in [2.75, 3.05) is 13.1 Å². The number of nitrogens with zero attached hydrogens (tertiary/aromatic N) is 3. The van der Waals surface area contributed by atoms with Crippen molar-refractivity contribution in [2.24, 2.45) is 5.92 Å². The number of fused-ring (bicyclic) bond motifs is 3. The minimum atomic E-state index is 0.0352. The summed E-state index contributed by atoms with van der Waals surface area (Å²) in [6, 6.07) is 8.45. The first-order chi connectivity index (χ1) is 11.7. The standard InChI is InChI=1S/C17H20N4OS2/c1-11-15(12-6-8-21(11)9-7-12)19-16(22)13-2-4-14(5-3-13)24-17-20-18-10-23-17/h2-5,10-12,15H,6-9H2,1H3,(H,19,22). The van der Waals surface area contributed by atoms with Gasteiger partial charge in [-0.05, 0) is 63.0 Å². The highest BCUT2D eigenvalue weighted by molar-refractivity contribution is 8.01. The van der Waals surface area contributed by atoms with Crippen LogP contribution in [0.1, 0.15) is 30.1 Å². The third kappa shape index (κ3) is 3.20. The largest absolute Gasteiger partial charge is 0.347 e.